The topological polar surface area (TPSA) is 730 Å². The lowest BCUT2D eigenvalue weighted by atomic mass is 10.0. The van der Waals surface area contributed by atoms with Crippen LogP contribution in [0.2, 0.25) is 0 Å². The first kappa shape index (κ1) is 105. The van der Waals surface area contributed by atoms with E-state index in [1.54, 1.807) is 92.9 Å². The van der Waals surface area contributed by atoms with Gasteiger partial charge in [0.2, 0.25) is 82.7 Å². The highest BCUT2D eigenvalue weighted by atomic mass is 32.2. The van der Waals surface area contributed by atoms with Crippen LogP contribution in [0.5, 0.6) is 0 Å². The van der Waals surface area contributed by atoms with Gasteiger partial charge < -0.3 is 134 Å². The summed E-state index contributed by atoms with van der Waals surface area (Å²) in [4.78, 5) is 249. The fraction of sp³-hybridized carbons (Fsp3) is 0.470. The van der Waals surface area contributed by atoms with Gasteiger partial charge in [-0.15, -0.1) is 0 Å². The van der Waals surface area contributed by atoms with E-state index in [4.69, 9.17) is 33.4 Å². The first-order valence-electron chi connectivity index (χ1n) is 41.9. The van der Waals surface area contributed by atoms with Gasteiger partial charge in [0.15, 0.2) is 0 Å². The van der Waals surface area contributed by atoms with Crippen molar-refractivity contribution < 1.29 is 106 Å². The molecule has 130 heavy (non-hydrogen) atoms. The number of nitrogens with zero attached hydrogens (tertiary/aromatic N) is 3. The molecule has 2 aromatic heterocycles. The van der Waals surface area contributed by atoms with E-state index in [1.807, 2.05) is 12.1 Å². The maximum atomic E-state index is 14.4. The second-order valence-corrected chi connectivity index (χ2v) is 31.6. The number of carbonyl (C=O) groups is 18. The van der Waals surface area contributed by atoms with Crippen LogP contribution in [-0.2, 0) is 83.3 Å². The number of carbonyl (C=O) groups excluding carboxylic acids is 17. The Morgan fingerprint density at radius 1 is 0.615 bits per heavy atom. The largest absolute Gasteiger partial charge is 0.481 e. The summed E-state index contributed by atoms with van der Waals surface area (Å²) in [6, 6.07) is 7.19. The lowest BCUT2D eigenvalue weighted by Crippen LogP contribution is -2.61. The Balaban J connectivity index is 1.08. The fourth-order valence-electron chi connectivity index (χ4n) is 12.9. The molecule has 5 aromatic rings. The highest BCUT2D eigenvalue weighted by Gasteiger charge is 2.37. The van der Waals surface area contributed by atoms with Gasteiger partial charge in [-0.2, -0.15) is 9.78 Å². The standard InChI is InChI=1S/C83H116N24O22S/c1-44(2)39-61-79(124)101-57(28-33-85)75(120)100-59(30-35-87)78(123)105-69(45(3)108)80(125)91-38-31-60(77(122)99-56(27-32-84)73(118)94-42-67(113)98-61)102-76(121)58(29-34-86)103-81(126)70(46(4)109)104-65(111)25-24-64(110)96-55(23-26-68(114)115)72(117)93-41-66(112)97-54(13-10-37-92-82(88)127)74(119)95-49-17-15-47(16-18-49)43-129-83(128)107-62-40-50(130-63-14-7-6-12-52(63)71(116)89-5)20-21-51(62)53(106-107)22-19-48-11-8-9-36-90-48/h6-9,11-12,14-22,36,40,44-46,54-61,69-70,108-109H,10,13,23-35,37-39,41-43,84-87H2,1-5H3,(H,89,116)(H,91,125)(H,93,117)(H,94,118)(H,95,119)(H,96,110)(H,97,112)(H,98,113)(H,99,122)(H,100,120)(H,101,124)(H,102,121)(H,103,126)(H,104,111)(H,105,123)(H,114,115)(H3,88,92,127)/b22-19+/t45-,46-,54-,55-,56-,57-,58-,59-,60+,61-,69+,70?/m0/s1. The quantitative estimate of drug-likeness (QED) is 0.0163. The molecule has 706 valence electrons. The second kappa shape index (κ2) is 53.9. The maximum Gasteiger partial charge on any atom is 0.435 e. The van der Waals surface area contributed by atoms with Gasteiger partial charge in [0.05, 0.1) is 47.8 Å². The van der Waals surface area contributed by atoms with E-state index in [2.05, 4.69) is 95.2 Å². The van der Waals surface area contributed by atoms with Crippen LogP contribution in [0.25, 0.3) is 23.1 Å². The molecule has 6 rings (SSSR count). The maximum absolute atomic E-state index is 14.4. The number of anilines is 1. The molecule has 0 aliphatic carbocycles. The van der Waals surface area contributed by atoms with Crippen LogP contribution >= 0.6 is 11.8 Å². The van der Waals surface area contributed by atoms with Gasteiger partial charge >= 0.3 is 18.1 Å². The molecule has 3 aromatic carbocycles. The first-order valence-corrected chi connectivity index (χ1v) is 42.7. The van der Waals surface area contributed by atoms with Crippen molar-refractivity contribution in [2.45, 2.75) is 194 Å². The molecule has 0 spiro atoms. The molecule has 47 heteroatoms. The molecule has 46 nitrogen and oxygen atoms in total. The molecule has 3 heterocycles. The summed E-state index contributed by atoms with van der Waals surface area (Å²) in [6.45, 7) is 2.31. The van der Waals surface area contributed by atoms with Crippen LogP contribution in [0, 0.1) is 5.92 Å². The molecule has 12 atom stereocenters. The predicted molar refractivity (Wildman–Crippen MR) is 471 cm³/mol. The summed E-state index contributed by atoms with van der Waals surface area (Å²) in [6.07, 6.45) is -3.55. The molecule has 0 radical (unpaired) electrons. The van der Waals surface area contributed by atoms with Gasteiger partial charge in [-0.05, 0) is 176 Å². The number of carboxylic acids is 1. The van der Waals surface area contributed by atoms with E-state index >= 15 is 0 Å². The number of primary amides is 1. The average Bonchev–Trinajstić information content (AvgIpc) is 1.62. The number of aliphatic carboxylic acids is 1. The number of benzene rings is 3. The number of fused-ring (bicyclic) bond motifs is 1. The molecule has 1 fully saturated rings. The summed E-state index contributed by atoms with van der Waals surface area (Å²) in [7, 11) is 1.53. The highest BCUT2D eigenvalue weighted by molar-refractivity contribution is 7.99. The number of carboxylic acid groups (broad SMARTS) is 1. The lowest BCUT2D eigenvalue weighted by Gasteiger charge is -2.28. The van der Waals surface area contributed by atoms with Crippen molar-refractivity contribution in [3.63, 3.8) is 0 Å². The van der Waals surface area contributed by atoms with Crippen LogP contribution in [0.3, 0.4) is 0 Å². The number of aromatic nitrogens is 3. The Labute approximate surface area is 751 Å². The van der Waals surface area contributed by atoms with Crippen molar-refractivity contribution in [3.05, 3.63) is 114 Å². The van der Waals surface area contributed by atoms with Crippen molar-refractivity contribution in [1.29, 1.82) is 0 Å². The Bertz CT molecular complexity index is 4830. The molecule has 1 aliphatic heterocycles. The number of hydrogen-bond acceptors (Lipinski definition) is 28. The van der Waals surface area contributed by atoms with Crippen LogP contribution in [0.1, 0.15) is 132 Å². The SMILES string of the molecule is CNC(=O)c1ccccc1Sc1ccc2c(/C=C/c3ccccn3)nn(C(=O)OCc3ccc(NC(=O)[C@H](CCCNC(N)=O)NC(=O)CNC(=O)[C@H](CCC(=O)O)NC(=O)CCC(=O)NC(C(=O)N[C@@H](CCN)C(=O)N[C@@H]4CCNC(=O)[C@@H]([C@H](C)O)NC(=O)[C@H](CCN)NC(=O)[C@H](CCN)NC(=O)[C@H](CC(C)C)NC(=O)CNC(=O)[C@H](CCN)NC4=O)[C@H](C)O)cc3)c2c1. The summed E-state index contributed by atoms with van der Waals surface area (Å²) in [5.74, 6) is -16.0. The Kier molecular flexibility index (Phi) is 43.6. The van der Waals surface area contributed by atoms with Crippen molar-refractivity contribution in [3.8, 4) is 0 Å². The normalized spacial score (nSPS) is 18.2. The average molecular weight is 1830 g/mol. The van der Waals surface area contributed by atoms with E-state index in [0.717, 1.165) is 18.5 Å². The number of pyridine rings is 1. The summed E-state index contributed by atoms with van der Waals surface area (Å²) in [5, 5.41) is 75.4. The summed E-state index contributed by atoms with van der Waals surface area (Å²) >= 11 is 1.30. The zero-order chi connectivity index (χ0) is 95.7. The number of ether oxygens (including phenoxy) is 1. The Morgan fingerprint density at radius 3 is 1.85 bits per heavy atom. The van der Waals surface area contributed by atoms with E-state index in [1.165, 1.54) is 30.9 Å². The third-order valence-corrected chi connectivity index (χ3v) is 20.8. The number of nitrogens with two attached hydrogens (primary N) is 5. The van der Waals surface area contributed by atoms with Crippen LogP contribution in [0.15, 0.2) is 101 Å². The minimum absolute atomic E-state index is 0.0207. The summed E-state index contributed by atoms with van der Waals surface area (Å²) in [5.41, 5.74) is 31.2. The molecule has 17 amide bonds. The number of aliphatic hydroxyl groups excluding tert-OH is 2. The minimum atomic E-state index is -1.90. The molecule has 0 saturated carbocycles. The van der Waals surface area contributed by atoms with E-state index < -0.39 is 232 Å². The number of nitrogens with one attached hydrogen (secondary N) is 16. The van der Waals surface area contributed by atoms with Crippen molar-refractivity contribution in [1.82, 2.24) is 94.5 Å². The third kappa shape index (κ3) is 34.9. The monoisotopic (exact) mass is 1830 g/mol. The Hall–Kier alpha value is -13.6. The molecule has 1 saturated heterocycles. The molecule has 29 N–H and O–H groups in total. The van der Waals surface area contributed by atoms with Crippen LogP contribution in [0.4, 0.5) is 15.3 Å². The number of rotatable bonds is 41. The smallest absolute Gasteiger partial charge is 0.435 e. The number of aliphatic hydroxyl groups is 2. The van der Waals surface area contributed by atoms with Gasteiger partial charge in [-0.3, -0.25) is 81.7 Å². The fourth-order valence-corrected chi connectivity index (χ4v) is 13.9. The Morgan fingerprint density at radius 2 is 1.23 bits per heavy atom. The van der Waals surface area contributed by atoms with Gasteiger partial charge in [-0.1, -0.05) is 55.9 Å². The number of urea groups is 1. The van der Waals surface area contributed by atoms with Crippen molar-refractivity contribution in [2.24, 2.45) is 34.6 Å². The lowest BCUT2D eigenvalue weighted by molar-refractivity contribution is -0.138. The molecule has 1 unspecified atom stereocenters. The molecule has 0 bridgehead atoms. The minimum Gasteiger partial charge on any atom is -0.481 e. The highest BCUT2D eigenvalue weighted by Crippen LogP contribution is 2.34. The zero-order valence-corrected chi connectivity index (χ0v) is 73.2. The molecular weight excluding hydrogens is 1720 g/mol. The van der Waals surface area contributed by atoms with E-state index in [0.29, 0.717) is 43.2 Å². The van der Waals surface area contributed by atoms with Gasteiger partial charge in [0.25, 0.3) is 5.91 Å². The van der Waals surface area contributed by atoms with E-state index in [-0.39, 0.29) is 95.4 Å². The van der Waals surface area contributed by atoms with Gasteiger partial charge in [0.1, 0.15) is 67.0 Å². The van der Waals surface area contributed by atoms with Crippen molar-refractivity contribution in [2.75, 3.05) is 64.7 Å². The number of hydrogen-bond donors (Lipinski definition) is 24. The third-order valence-electron chi connectivity index (χ3n) is 19.7. The van der Waals surface area contributed by atoms with Gasteiger partial charge in [0, 0.05) is 66.5 Å². The van der Waals surface area contributed by atoms with Crippen LogP contribution in [-0.4, -0.2) is 269 Å². The van der Waals surface area contributed by atoms with Gasteiger partial charge in [-0.25, -0.2) is 9.59 Å². The molecule has 1 aliphatic rings. The predicted octanol–water partition coefficient (Wildman–Crippen LogP) is -4.87. The van der Waals surface area contributed by atoms with E-state index in [9.17, 15) is 102 Å². The van der Waals surface area contributed by atoms with Crippen molar-refractivity contribution >= 4 is 147 Å². The summed E-state index contributed by atoms with van der Waals surface area (Å²) < 4.78 is 6.87. The zero-order valence-electron chi connectivity index (χ0n) is 72.4. The number of amides is 17. The van der Waals surface area contributed by atoms with Crippen LogP contribution < -0.4 is 114 Å². The molecular formula is C83H116N24O22S. The second-order valence-electron chi connectivity index (χ2n) is 30.5. The first-order chi connectivity index (χ1) is 61.9.